The van der Waals surface area contributed by atoms with Crippen molar-refractivity contribution in [3.8, 4) is 0 Å². The maximum Gasteiger partial charge on any atom is 0.334 e. The van der Waals surface area contributed by atoms with Gasteiger partial charge in [0.25, 0.3) is 0 Å². The predicted octanol–water partition coefficient (Wildman–Crippen LogP) is 2.54. The molecule has 0 aliphatic carbocycles. The molecular weight excluding hydrogens is 164 g/mol. The quantitative estimate of drug-likeness (QED) is 0.613. The van der Waals surface area contributed by atoms with Gasteiger partial charge in [0.1, 0.15) is 6.10 Å². The van der Waals surface area contributed by atoms with Crippen LogP contribution < -0.4 is 0 Å². The number of hydrogen-bond acceptors (Lipinski definition) is 2. The zero-order valence-electron chi connectivity index (χ0n) is 9.05. The number of esters is 1. The van der Waals surface area contributed by atoms with Crippen LogP contribution in [0.5, 0.6) is 0 Å². The molecule has 1 aliphatic rings. The van der Waals surface area contributed by atoms with E-state index in [4.69, 9.17) is 4.74 Å². The van der Waals surface area contributed by atoms with Crippen LogP contribution in [-0.2, 0) is 9.53 Å². The van der Waals surface area contributed by atoms with E-state index in [9.17, 15) is 4.79 Å². The summed E-state index contributed by atoms with van der Waals surface area (Å²) in [5.74, 6) is 0.639. The highest BCUT2D eigenvalue weighted by molar-refractivity contribution is 5.91. The Morgan fingerprint density at radius 1 is 1.23 bits per heavy atom. The molecule has 1 aliphatic heterocycles. The molecule has 1 rings (SSSR count). The summed E-state index contributed by atoms with van der Waals surface area (Å²) < 4.78 is 5.30. The molecule has 0 bridgehead atoms. The fourth-order valence-electron chi connectivity index (χ4n) is 1.86. The van der Waals surface area contributed by atoms with Gasteiger partial charge in [0.2, 0.25) is 0 Å². The fraction of sp³-hybridized carbons (Fsp3) is 0.727. The van der Waals surface area contributed by atoms with Crippen LogP contribution >= 0.6 is 0 Å². The van der Waals surface area contributed by atoms with Gasteiger partial charge < -0.3 is 4.74 Å². The summed E-state index contributed by atoms with van der Waals surface area (Å²) in [7, 11) is 0. The third-order valence-electron chi connectivity index (χ3n) is 2.51. The molecule has 2 nitrogen and oxygen atoms in total. The minimum Gasteiger partial charge on any atom is -0.454 e. The number of cyclic esters (lactones) is 1. The molecule has 1 atom stereocenters. The first-order chi connectivity index (χ1) is 5.95. The summed E-state index contributed by atoms with van der Waals surface area (Å²) in [6.45, 7) is 10.2. The van der Waals surface area contributed by atoms with Gasteiger partial charge in [-0.25, -0.2) is 4.79 Å². The summed E-state index contributed by atoms with van der Waals surface area (Å²) >= 11 is 0. The first-order valence-electron chi connectivity index (χ1n) is 4.86. The van der Waals surface area contributed by atoms with Crippen molar-refractivity contribution < 1.29 is 9.53 Å². The van der Waals surface area contributed by atoms with Gasteiger partial charge in [-0.05, 0) is 24.3 Å². The van der Waals surface area contributed by atoms with Crippen molar-refractivity contribution in [1.29, 1.82) is 0 Å². The van der Waals surface area contributed by atoms with Crippen LogP contribution in [0.25, 0.3) is 0 Å². The molecule has 0 saturated carbocycles. The first-order valence-corrected chi connectivity index (χ1v) is 4.86. The lowest BCUT2D eigenvalue weighted by molar-refractivity contribution is -0.141. The van der Waals surface area contributed by atoms with E-state index in [1.807, 2.05) is 6.92 Å². The van der Waals surface area contributed by atoms with Crippen LogP contribution in [0.4, 0.5) is 0 Å². The molecular formula is C11H18O2. The summed E-state index contributed by atoms with van der Waals surface area (Å²) in [6.07, 6.45) is 0.00694. The highest BCUT2D eigenvalue weighted by atomic mass is 16.5. The highest BCUT2D eigenvalue weighted by Crippen LogP contribution is 2.32. The summed E-state index contributed by atoms with van der Waals surface area (Å²) in [6, 6.07) is 0. The molecule has 1 unspecified atom stereocenters. The van der Waals surface area contributed by atoms with Crippen LogP contribution in [0, 0.1) is 11.8 Å². The van der Waals surface area contributed by atoms with E-state index in [2.05, 4.69) is 27.7 Å². The molecule has 0 fully saturated rings. The molecule has 0 radical (unpaired) electrons. The second-order valence-electron chi connectivity index (χ2n) is 4.30. The summed E-state index contributed by atoms with van der Waals surface area (Å²) in [5.41, 5.74) is 1.99. The van der Waals surface area contributed by atoms with Crippen molar-refractivity contribution in [2.75, 3.05) is 0 Å². The topological polar surface area (TPSA) is 26.3 Å². The van der Waals surface area contributed by atoms with Gasteiger partial charge in [-0.15, -0.1) is 0 Å². The van der Waals surface area contributed by atoms with Gasteiger partial charge >= 0.3 is 5.97 Å². The van der Waals surface area contributed by atoms with Crippen LogP contribution in [0.15, 0.2) is 11.1 Å². The van der Waals surface area contributed by atoms with Crippen molar-refractivity contribution in [3.63, 3.8) is 0 Å². The Kier molecular flexibility index (Phi) is 2.79. The fourth-order valence-corrected chi connectivity index (χ4v) is 1.86. The SMILES string of the molecule is CC1=C(C(C)C)C(C(C)C)OC1=O. The highest BCUT2D eigenvalue weighted by Gasteiger charge is 2.34. The molecule has 0 N–H and O–H groups in total. The summed E-state index contributed by atoms with van der Waals surface area (Å²) in [5, 5.41) is 0. The Morgan fingerprint density at radius 2 is 1.77 bits per heavy atom. The molecule has 0 saturated heterocycles. The third-order valence-corrected chi connectivity index (χ3v) is 2.51. The molecule has 74 valence electrons. The normalized spacial score (nSPS) is 23.3. The molecule has 0 spiro atoms. The van der Waals surface area contributed by atoms with E-state index in [0.29, 0.717) is 11.8 Å². The maximum atomic E-state index is 11.3. The maximum absolute atomic E-state index is 11.3. The van der Waals surface area contributed by atoms with E-state index >= 15 is 0 Å². The Hall–Kier alpha value is -0.790. The molecule has 0 aromatic heterocycles. The zero-order valence-corrected chi connectivity index (χ0v) is 9.05. The van der Waals surface area contributed by atoms with E-state index in [1.54, 1.807) is 0 Å². The minimum absolute atomic E-state index is 0.00694. The van der Waals surface area contributed by atoms with Gasteiger partial charge in [-0.2, -0.15) is 0 Å². The van der Waals surface area contributed by atoms with Crippen LogP contribution in [0.2, 0.25) is 0 Å². The average molecular weight is 182 g/mol. The van der Waals surface area contributed by atoms with Gasteiger partial charge in [0.15, 0.2) is 0 Å². The monoisotopic (exact) mass is 182 g/mol. The van der Waals surface area contributed by atoms with E-state index in [1.165, 1.54) is 5.57 Å². The standard InChI is InChI=1S/C11H18O2/c1-6(2)9-8(5)11(12)13-10(9)7(3)4/h6-7,10H,1-5H3. The second-order valence-corrected chi connectivity index (χ2v) is 4.30. The minimum atomic E-state index is -0.137. The van der Waals surface area contributed by atoms with Gasteiger partial charge in [-0.3, -0.25) is 0 Å². The molecule has 13 heavy (non-hydrogen) atoms. The Morgan fingerprint density at radius 3 is 2.08 bits per heavy atom. The lowest BCUT2D eigenvalue weighted by Crippen LogP contribution is -2.21. The Balaban J connectivity index is 3.00. The first kappa shape index (κ1) is 10.3. The Labute approximate surface area is 80.0 Å². The van der Waals surface area contributed by atoms with E-state index in [0.717, 1.165) is 5.57 Å². The van der Waals surface area contributed by atoms with Gasteiger partial charge in [0.05, 0.1) is 0 Å². The number of carbonyl (C=O) groups excluding carboxylic acids is 1. The van der Waals surface area contributed by atoms with Gasteiger partial charge in [-0.1, -0.05) is 27.7 Å². The second kappa shape index (κ2) is 3.52. The Bertz CT molecular complexity index is 249. The van der Waals surface area contributed by atoms with E-state index < -0.39 is 0 Å². The smallest absolute Gasteiger partial charge is 0.334 e. The molecule has 0 aromatic rings. The van der Waals surface area contributed by atoms with Crippen LogP contribution in [0.3, 0.4) is 0 Å². The van der Waals surface area contributed by atoms with Crippen LogP contribution in [0.1, 0.15) is 34.6 Å². The van der Waals surface area contributed by atoms with Crippen LogP contribution in [-0.4, -0.2) is 12.1 Å². The van der Waals surface area contributed by atoms with Crippen molar-refractivity contribution in [1.82, 2.24) is 0 Å². The predicted molar refractivity (Wildman–Crippen MR) is 52.3 cm³/mol. The van der Waals surface area contributed by atoms with Crippen molar-refractivity contribution in [3.05, 3.63) is 11.1 Å². The van der Waals surface area contributed by atoms with Crippen molar-refractivity contribution in [2.45, 2.75) is 40.7 Å². The van der Waals surface area contributed by atoms with Gasteiger partial charge in [0, 0.05) is 5.57 Å². The lowest BCUT2D eigenvalue weighted by atomic mass is 9.89. The van der Waals surface area contributed by atoms with Crippen molar-refractivity contribution >= 4 is 5.97 Å². The largest absolute Gasteiger partial charge is 0.454 e. The molecule has 0 amide bonds. The number of ether oxygens (including phenoxy) is 1. The van der Waals surface area contributed by atoms with Crippen molar-refractivity contribution in [2.24, 2.45) is 11.8 Å². The number of hydrogen-bond donors (Lipinski definition) is 0. The third kappa shape index (κ3) is 1.77. The summed E-state index contributed by atoms with van der Waals surface area (Å²) in [4.78, 5) is 11.3. The lowest BCUT2D eigenvalue weighted by Gasteiger charge is -2.20. The molecule has 1 heterocycles. The molecule has 2 heteroatoms. The van der Waals surface area contributed by atoms with E-state index in [-0.39, 0.29) is 12.1 Å². The number of rotatable bonds is 2. The number of carbonyl (C=O) groups is 1. The average Bonchev–Trinajstić information content (AvgIpc) is 2.28. The molecule has 0 aromatic carbocycles. The zero-order chi connectivity index (χ0) is 10.2.